The van der Waals surface area contributed by atoms with Crippen molar-refractivity contribution in [2.75, 3.05) is 5.33 Å². The summed E-state index contributed by atoms with van der Waals surface area (Å²) < 4.78 is 0. The number of fused-ring (bicyclic) bond motifs is 3. The molecule has 1 aliphatic rings. The molecule has 0 saturated carbocycles. The largest absolute Gasteiger partial charge is 0.293 e. The molecular formula is C16H13BrO. The number of aryl methyl sites for hydroxylation is 1. The maximum Gasteiger partial charge on any atom is 0.173 e. The van der Waals surface area contributed by atoms with Gasteiger partial charge in [-0.2, -0.15) is 0 Å². The summed E-state index contributed by atoms with van der Waals surface area (Å²) in [6.45, 7) is 2.11. The van der Waals surface area contributed by atoms with Crippen molar-refractivity contribution in [3.8, 4) is 11.1 Å². The Morgan fingerprint density at radius 3 is 2.50 bits per heavy atom. The maximum absolute atomic E-state index is 11.7. The molecule has 0 unspecified atom stereocenters. The third kappa shape index (κ3) is 1.81. The molecule has 3 rings (SSSR count). The fourth-order valence-electron chi connectivity index (χ4n) is 2.59. The number of carbonyl (C=O) groups is 1. The molecule has 0 heterocycles. The smallest absolute Gasteiger partial charge is 0.173 e. The molecule has 0 aliphatic heterocycles. The Hall–Kier alpha value is -1.41. The van der Waals surface area contributed by atoms with E-state index in [2.05, 4.69) is 47.1 Å². The molecule has 2 heteroatoms. The van der Waals surface area contributed by atoms with Crippen molar-refractivity contribution in [3.05, 3.63) is 58.7 Å². The molecule has 2 aromatic rings. The van der Waals surface area contributed by atoms with Gasteiger partial charge >= 0.3 is 0 Å². The van der Waals surface area contributed by atoms with Crippen molar-refractivity contribution >= 4 is 21.7 Å². The normalized spacial score (nSPS) is 12.1. The number of halogens is 1. The van der Waals surface area contributed by atoms with Crippen LogP contribution in [-0.2, 0) is 6.42 Å². The van der Waals surface area contributed by atoms with Crippen molar-refractivity contribution in [1.82, 2.24) is 0 Å². The van der Waals surface area contributed by atoms with Gasteiger partial charge in [-0.25, -0.2) is 0 Å². The summed E-state index contributed by atoms with van der Waals surface area (Å²) in [6, 6.07) is 12.6. The monoisotopic (exact) mass is 300 g/mol. The Bertz CT molecular complexity index is 644. The molecule has 18 heavy (non-hydrogen) atoms. The van der Waals surface area contributed by atoms with Gasteiger partial charge in [0.15, 0.2) is 5.78 Å². The van der Waals surface area contributed by atoms with E-state index in [1.807, 2.05) is 12.1 Å². The molecule has 0 bridgehead atoms. The Balaban J connectivity index is 2.09. The number of alkyl halides is 1. The Morgan fingerprint density at radius 2 is 1.78 bits per heavy atom. The Kier molecular flexibility index (Phi) is 2.83. The lowest BCUT2D eigenvalue weighted by Gasteiger charge is -2.03. The van der Waals surface area contributed by atoms with E-state index in [-0.39, 0.29) is 5.78 Å². The molecule has 1 aliphatic carbocycles. The average molecular weight is 301 g/mol. The molecule has 0 atom stereocenters. The third-order valence-corrected chi connectivity index (χ3v) is 3.99. The Labute approximate surface area is 115 Å². The van der Waals surface area contributed by atoms with Gasteiger partial charge in [-0.15, -0.1) is 0 Å². The third-order valence-electron chi connectivity index (χ3n) is 3.48. The number of hydrogen-bond donors (Lipinski definition) is 0. The van der Waals surface area contributed by atoms with Gasteiger partial charge < -0.3 is 0 Å². The highest BCUT2D eigenvalue weighted by Crippen LogP contribution is 2.37. The molecule has 0 spiro atoms. The summed E-state index contributed by atoms with van der Waals surface area (Å²) in [6.07, 6.45) is 0.940. The molecule has 0 fully saturated rings. The summed E-state index contributed by atoms with van der Waals surface area (Å²) >= 11 is 3.22. The minimum absolute atomic E-state index is 0.143. The molecular weight excluding hydrogens is 288 g/mol. The van der Waals surface area contributed by atoms with E-state index in [1.54, 1.807) is 0 Å². The number of rotatable bonds is 2. The SMILES string of the molecule is Cc1ccc2c(c1)Cc1cc(C(=O)CBr)ccc1-2. The zero-order valence-corrected chi connectivity index (χ0v) is 11.8. The summed E-state index contributed by atoms with van der Waals surface area (Å²) in [5.41, 5.74) is 7.31. The van der Waals surface area contributed by atoms with Gasteiger partial charge in [0.05, 0.1) is 5.33 Å². The minimum atomic E-state index is 0.143. The van der Waals surface area contributed by atoms with Gasteiger partial charge in [-0.1, -0.05) is 51.8 Å². The van der Waals surface area contributed by atoms with E-state index in [0.717, 1.165) is 12.0 Å². The lowest BCUT2D eigenvalue weighted by atomic mass is 10.0. The summed E-state index contributed by atoms with van der Waals surface area (Å²) in [4.78, 5) is 11.7. The second-order valence-corrected chi connectivity index (χ2v) is 5.33. The van der Waals surface area contributed by atoms with Crippen LogP contribution in [0.1, 0.15) is 27.0 Å². The van der Waals surface area contributed by atoms with Crippen LogP contribution in [0.25, 0.3) is 11.1 Å². The quantitative estimate of drug-likeness (QED) is 0.513. The van der Waals surface area contributed by atoms with Crippen LogP contribution in [0, 0.1) is 6.92 Å². The van der Waals surface area contributed by atoms with E-state index in [4.69, 9.17) is 0 Å². The summed E-state index contributed by atoms with van der Waals surface area (Å²) in [5.74, 6) is 0.143. The first-order chi connectivity index (χ1) is 8.69. The van der Waals surface area contributed by atoms with Crippen molar-refractivity contribution in [1.29, 1.82) is 0 Å². The molecule has 0 saturated heterocycles. The second-order valence-electron chi connectivity index (χ2n) is 4.77. The van der Waals surface area contributed by atoms with E-state index in [9.17, 15) is 4.79 Å². The first-order valence-electron chi connectivity index (χ1n) is 6.01. The van der Waals surface area contributed by atoms with Gasteiger partial charge in [-0.05, 0) is 41.7 Å². The number of benzene rings is 2. The van der Waals surface area contributed by atoms with Crippen LogP contribution in [0.4, 0.5) is 0 Å². The number of hydrogen-bond acceptors (Lipinski definition) is 1. The van der Waals surface area contributed by atoms with Crippen molar-refractivity contribution in [2.24, 2.45) is 0 Å². The van der Waals surface area contributed by atoms with E-state index >= 15 is 0 Å². The highest BCUT2D eigenvalue weighted by atomic mass is 79.9. The second kappa shape index (κ2) is 4.36. The number of carbonyl (C=O) groups excluding carboxylic acids is 1. The van der Waals surface area contributed by atoms with E-state index in [1.165, 1.54) is 27.8 Å². The van der Waals surface area contributed by atoms with Gasteiger partial charge in [0.2, 0.25) is 0 Å². The molecule has 2 aromatic carbocycles. The highest BCUT2D eigenvalue weighted by molar-refractivity contribution is 9.09. The number of ketones is 1. The average Bonchev–Trinajstić information content (AvgIpc) is 2.73. The summed E-state index contributed by atoms with van der Waals surface area (Å²) in [7, 11) is 0. The van der Waals surface area contributed by atoms with Crippen LogP contribution < -0.4 is 0 Å². The van der Waals surface area contributed by atoms with Crippen LogP contribution >= 0.6 is 15.9 Å². The van der Waals surface area contributed by atoms with Gasteiger partial charge in [-0.3, -0.25) is 4.79 Å². The lowest BCUT2D eigenvalue weighted by molar-refractivity contribution is 0.102. The van der Waals surface area contributed by atoms with Gasteiger partial charge in [0.25, 0.3) is 0 Å². The standard InChI is InChI=1S/C16H13BrO/c1-10-2-4-14-12(6-10)8-13-7-11(16(18)9-17)3-5-15(13)14/h2-7H,8-9H2,1H3. The Morgan fingerprint density at radius 1 is 1.11 bits per heavy atom. The zero-order valence-electron chi connectivity index (χ0n) is 10.2. The summed E-state index contributed by atoms with van der Waals surface area (Å²) in [5, 5.41) is 0.387. The molecule has 0 aromatic heterocycles. The zero-order chi connectivity index (χ0) is 12.7. The van der Waals surface area contributed by atoms with Gasteiger partial charge in [0.1, 0.15) is 0 Å². The minimum Gasteiger partial charge on any atom is -0.293 e. The highest BCUT2D eigenvalue weighted by Gasteiger charge is 2.19. The predicted octanol–water partition coefficient (Wildman–Crippen LogP) is 4.14. The first kappa shape index (κ1) is 11.7. The number of Topliss-reactive ketones (excluding diaryl/α,β-unsaturated/α-hetero) is 1. The van der Waals surface area contributed by atoms with Crippen molar-refractivity contribution in [2.45, 2.75) is 13.3 Å². The van der Waals surface area contributed by atoms with E-state index in [0.29, 0.717) is 5.33 Å². The van der Waals surface area contributed by atoms with E-state index < -0.39 is 0 Å². The van der Waals surface area contributed by atoms with Crippen LogP contribution in [-0.4, -0.2) is 11.1 Å². The van der Waals surface area contributed by atoms with Crippen LogP contribution in [0.2, 0.25) is 0 Å². The van der Waals surface area contributed by atoms with Gasteiger partial charge in [0, 0.05) is 5.56 Å². The fourth-order valence-corrected chi connectivity index (χ4v) is 2.91. The molecule has 0 amide bonds. The van der Waals surface area contributed by atoms with Crippen LogP contribution in [0.15, 0.2) is 36.4 Å². The molecule has 1 nitrogen and oxygen atoms in total. The predicted molar refractivity (Wildman–Crippen MR) is 77.5 cm³/mol. The maximum atomic E-state index is 11.7. The molecule has 0 radical (unpaired) electrons. The van der Waals surface area contributed by atoms with Crippen LogP contribution in [0.5, 0.6) is 0 Å². The van der Waals surface area contributed by atoms with Crippen molar-refractivity contribution < 1.29 is 4.79 Å². The lowest BCUT2D eigenvalue weighted by Crippen LogP contribution is -2.00. The van der Waals surface area contributed by atoms with Crippen molar-refractivity contribution in [3.63, 3.8) is 0 Å². The molecule has 90 valence electrons. The molecule has 0 N–H and O–H groups in total. The van der Waals surface area contributed by atoms with Crippen LogP contribution in [0.3, 0.4) is 0 Å². The topological polar surface area (TPSA) is 17.1 Å². The fraction of sp³-hybridized carbons (Fsp3) is 0.188. The first-order valence-corrected chi connectivity index (χ1v) is 7.13.